The number of carboxylic acid groups (broad SMARTS) is 1. The Kier molecular flexibility index (Phi) is 3.74. The molecule has 1 fully saturated rings. The van der Waals surface area contributed by atoms with Crippen molar-refractivity contribution in [2.45, 2.75) is 20.4 Å². The van der Waals surface area contributed by atoms with Crippen molar-refractivity contribution in [3.05, 3.63) is 35.4 Å². The van der Waals surface area contributed by atoms with E-state index in [1.807, 2.05) is 0 Å². The molecular weight excluding hydrogens is 280 g/mol. The van der Waals surface area contributed by atoms with E-state index in [4.69, 9.17) is 5.11 Å². The lowest BCUT2D eigenvalue weighted by Crippen LogP contribution is -2.30. The first-order valence-electron chi connectivity index (χ1n) is 6.58. The van der Waals surface area contributed by atoms with Gasteiger partial charge in [0.25, 0.3) is 0 Å². The van der Waals surface area contributed by atoms with Crippen LogP contribution in [0.1, 0.15) is 19.4 Å². The summed E-state index contributed by atoms with van der Waals surface area (Å²) >= 11 is 0. The lowest BCUT2D eigenvalue weighted by molar-refractivity contribution is -0.141. The van der Waals surface area contributed by atoms with E-state index in [1.165, 1.54) is 18.0 Å². The molecule has 1 N–H and O–H groups in total. The highest BCUT2D eigenvalue weighted by Crippen LogP contribution is 2.59. The Labute approximate surface area is 121 Å². The van der Waals surface area contributed by atoms with Crippen LogP contribution in [0, 0.1) is 28.9 Å². The highest BCUT2D eigenvalue weighted by atomic mass is 19.1. The fourth-order valence-electron chi connectivity index (χ4n) is 2.78. The van der Waals surface area contributed by atoms with Crippen LogP contribution in [-0.4, -0.2) is 28.9 Å². The molecular formula is C15H17F2NO3. The molecule has 1 aliphatic rings. The van der Waals surface area contributed by atoms with Gasteiger partial charge in [-0.3, -0.25) is 9.59 Å². The lowest BCUT2D eigenvalue weighted by Gasteiger charge is -2.18. The van der Waals surface area contributed by atoms with Crippen molar-refractivity contribution in [3.8, 4) is 0 Å². The SMILES string of the molecule is CN(Cc1ccc(F)cc1F)C(=O)[C@H]1[C@@H](C(=O)O)C1(C)C. The number of aliphatic carboxylic acids is 1. The molecule has 0 heterocycles. The minimum Gasteiger partial charge on any atom is -0.481 e. The predicted octanol–water partition coefficient (Wildman–Crippen LogP) is 2.28. The Bertz CT molecular complexity index is 601. The molecule has 1 aliphatic carbocycles. The van der Waals surface area contributed by atoms with Crippen LogP contribution in [0.25, 0.3) is 0 Å². The molecule has 1 saturated carbocycles. The van der Waals surface area contributed by atoms with Gasteiger partial charge in [-0.15, -0.1) is 0 Å². The number of hydrogen-bond acceptors (Lipinski definition) is 2. The van der Waals surface area contributed by atoms with Crippen LogP contribution >= 0.6 is 0 Å². The van der Waals surface area contributed by atoms with E-state index in [2.05, 4.69) is 0 Å². The third-order valence-electron chi connectivity index (χ3n) is 4.16. The summed E-state index contributed by atoms with van der Waals surface area (Å²) in [6.07, 6.45) is 0. The molecule has 1 aromatic rings. The van der Waals surface area contributed by atoms with Crippen LogP contribution in [0.4, 0.5) is 8.78 Å². The van der Waals surface area contributed by atoms with Gasteiger partial charge in [0.15, 0.2) is 0 Å². The maximum atomic E-state index is 13.6. The number of benzene rings is 1. The largest absolute Gasteiger partial charge is 0.481 e. The maximum absolute atomic E-state index is 13.6. The van der Waals surface area contributed by atoms with E-state index in [0.717, 1.165) is 12.1 Å². The van der Waals surface area contributed by atoms with Crippen molar-refractivity contribution in [2.75, 3.05) is 7.05 Å². The second-order valence-electron chi connectivity index (χ2n) is 6.04. The van der Waals surface area contributed by atoms with Crippen molar-refractivity contribution in [1.82, 2.24) is 4.90 Å². The number of carboxylic acids is 1. The Morgan fingerprint density at radius 2 is 1.90 bits per heavy atom. The van der Waals surface area contributed by atoms with Crippen molar-refractivity contribution in [3.63, 3.8) is 0 Å². The van der Waals surface area contributed by atoms with Crippen molar-refractivity contribution in [2.24, 2.45) is 17.3 Å². The number of nitrogens with zero attached hydrogens (tertiary/aromatic N) is 1. The molecule has 2 rings (SSSR count). The summed E-state index contributed by atoms with van der Waals surface area (Å²) in [5.74, 6) is -4.07. The quantitative estimate of drug-likeness (QED) is 0.927. The summed E-state index contributed by atoms with van der Waals surface area (Å²) in [5.41, 5.74) is -0.406. The Morgan fingerprint density at radius 3 is 2.38 bits per heavy atom. The minimum atomic E-state index is -1.00. The molecule has 0 aliphatic heterocycles. The van der Waals surface area contributed by atoms with Crippen LogP contribution in [0.2, 0.25) is 0 Å². The van der Waals surface area contributed by atoms with Crippen molar-refractivity contribution >= 4 is 11.9 Å². The second-order valence-corrected chi connectivity index (χ2v) is 6.04. The number of halogens is 2. The first-order chi connectivity index (χ1) is 9.66. The van der Waals surface area contributed by atoms with E-state index in [9.17, 15) is 18.4 Å². The van der Waals surface area contributed by atoms with Gasteiger partial charge >= 0.3 is 5.97 Å². The van der Waals surface area contributed by atoms with E-state index in [1.54, 1.807) is 13.8 Å². The lowest BCUT2D eigenvalue weighted by atomic mass is 10.1. The Hall–Kier alpha value is -1.98. The summed E-state index contributed by atoms with van der Waals surface area (Å²) in [7, 11) is 1.48. The molecule has 6 heteroatoms. The zero-order valence-corrected chi connectivity index (χ0v) is 12.1. The molecule has 2 atom stereocenters. The molecule has 4 nitrogen and oxygen atoms in total. The van der Waals surface area contributed by atoms with Gasteiger partial charge in [-0.1, -0.05) is 19.9 Å². The van der Waals surface area contributed by atoms with E-state index < -0.39 is 34.9 Å². The summed E-state index contributed by atoms with van der Waals surface area (Å²) < 4.78 is 26.4. The fourth-order valence-corrected chi connectivity index (χ4v) is 2.78. The number of amides is 1. The minimum absolute atomic E-state index is 0.0239. The maximum Gasteiger partial charge on any atom is 0.307 e. The van der Waals surface area contributed by atoms with Gasteiger partial charge in [0, 0.05) is 25.2 Å². The first-order valence-corrected chi connectivity index (χ1v) is 6.58. The highest BCUT2D eigenvalue weighted by molar-refractivity contribution is 5.91. The molecule has 21 heavy (non-hydrogen) atoms. The number of hydrogen-bond donors (Lipinski definition) is 1. The second kappa shape index (κ2) is 5.09. The predicted molar refractivity (Wildman–Crippen MR) is 71.2 cm³/mol. The smallest absolute Gasteiger partial charge is 0.307 e. The fraction of sp³-hybridized carbons (Fsp3) is 0.467. The molecule has 1 amide bonds. The van der Waals surface area contributed by atoms with Gasteiger partial charge in [0.2, 0.25) is 5.91 Å². The molecule has 0 radical (unpaired) electrons. The van der Waals surface area contributed by atoms with Gasteiger partial charge in [0.1, 0.15) is 11.6 Å². The summed E-state index contributed by atoms with van der Waals surface area (Å²) in [6.45, 7) is 3.42. The Morgan fingerprint density at radius 1 is 1.29 bits per heavy atom. The van der Waals surface area contributed by atoms with Gasteiger partial charge in [-0.2, -0.15) is 0 Å². The molecule has 0 unspecified atom stereocenters. The van der Waals surface area contributed by atoms with Gasteiger partial charge in [-0.05, 0) is 11.5 Å². The van der Waals surface area contributed by atoms with E-state index in [0.29, 0.717) is 0 Å². The summed E-state index contributed by atoms with van der Waals surface area (Å²) in [5, 5.41) is 9.08. The third-order valence-corrected chi connectivity index (χ3v) is 4.16. The van der Waals surface area contributed by atoms with Crippen molar-refractivity contribution in [1.29, 1.82) is 0 Å². The standard InChI is InChI=1S/C15H17F2NO3/c1-15(2)11(12(15)14(20)21)13(19)18(3)7-8-4-5-9(16)6-10(8)17/h4-6,11-12H,7H2,1-3H3,(H,20,21)/t11-,12+/m1/s1. The van der Waals surface area contributed by atoms with Crippen LogP contribution in [-0.2, 0) is 16.1 Å². The highest BCUT2D eigenvalue weighted by Gasteiger charge is 2.66. The third kappa shape index (κ3) is 2.75. The van der Waals surface area contributed by atoms with Crippen LogP contribution in [0.5, 0.6) is 0 Å². The molecule has 0 spiro atoms. The van der Waals surface area contributed by atoms with Gasteiger partial charge in [-0.25, -0.2) is 8.78 Å². The number of rotatable bonds is 4. The summed E-state index contributed by atoms with van der Waals surface area (Å²) in [4.78, 5) is 24.7. The zero-order valence-electron chi connectivity index (χ0n) is 12.1. The van der Waals surface area contributed by atoms with Gasteiger partial charge < -0.3 is 10.0 Å². The van der Waals surface area contributed by atoms with Crippen LogP contribution in [0.3, 0.4) is 0 Å². The average Bonchev–Trinajstić information content (AvgIpc) is 2.95. The zero-order chi connectivity index (χ0) is 15.9. The normalized spacial score (nSPS) is 22.7. The average molecular weight is 297 g/mol. The van der Waals surface area contributed by atoms with Crippen LogP contribution < -0.4 is 0 Å². The number of carbonyl (C=O) groups excluding carboxylic acids is 1. The summed E-state index contributed by atoms with van der Waals surface area (Å²) in [6, 6.07) is 3.16. The van der Waals surface area contributed by atoms with E-state index >= 15 is 0 Å². The molecule has 0 aromatic heterocycles. The van der Waals surface area contributed by atoms with Crippen molar-refractivity contribution < 1.29 is 23.5 Å². The molecule has 1 aromatic carbocycles. The van der Waals surface area contributed by atoms with Gasteiger partial charge in [0.05, 0.1) is 11.8 Å². The molecule has 0 bridgehead atoms. The first kappa shape index (κ1) is 15.4. The van der Waals surface area contributed by atoms with E-state index in [-0.39, 0.29) is 18.0 Å². The monoisotopic (exact) mass is 297 g/mol. The van der Waals surface area contributed by atoms with Crippen LogP contribution in [0.15, 0.2) is 18.2 Å². The topological polar surface area (TPSA) is 57.6 Å². The molecule has 114 valence electrons. The molecule has 0 saturated heterocycles. The Balaban J connectivity index is 2.09. The number of carbonyl (C=O) groups is 2.